The summed E-state index contributed by atoms with van der Waals surface area (Å²) in [5.74, 6) is 0. The predicted molar refractivity (Wildman–Crippen MR) is 171 cm³/mol. The molecule has 0 aromatic rings. The van der Waals surface area contributed by atoms with E-state index in [9.17, 15) is 0 Å². The third-order valence-electron chi connectivity index (χ3n) is 6.19. The molecule has 0 aromatic carbocycles. The van der Waals surface area contributed by atoms with Crippen LogP contribution in [0.2, 0.25) is 0 Å². The second kappa shape index (κ2) is 31.0. The largest absolute Gasteiger partial charge is 0.352 e. The molecule has 0 aliphatic carbocycles. The maximum atomic E-state index is 5.74. The molecule has 0 aromatic heterocycles. The van der Waals surface area contributed by atoms with E-state index in [4.69, 9.17) is 14.2 Å². The Morgan fingerprint density at radius 1 is 0.486 bits per heavy atom. The van der Waals surface area contributed by atoms with Crippen LogP contribution in [-0.4, -0.2) is 34.6 Å². The van der Waals surface area contributed by atoms with Gasteiger partial charge >= 0.3 is 0 Å². The summed E-state index contributed by atoms with van der Waals surface area (Å²) in [5, 5.41) is 0. The van der Waals surface area contributed by atoms with Crippen molar-refractivity contribution in [1.82, 2.24) is 0 Å². The third kappa shape index (κ3) is 30.9. The van der Waals surface area contributed by atoms with Gasteiger partial charge in [0, 0.05) is 0 Å². The summed E-state index contributed by atoms with van der Waals surface area (Å²) in [6.07, 6.45) is 33.0. The van der Waals surface area contributed by atoms with Gasteiger partial charge in [-0.3, -0.25) is 0 Å². The van der Waals surface area contributed by atoms with E-state index in [1.54, 1.807) is 0 Å². The molecular formula is C30H56I2O3. The Bertz CT molecular complexity index is 417. The summed E-state index contributed by atoms with van der Waals surface area (Å²) in [6, 6.07) is 0. The standard InChI is InChI=1S/C30H56I2O3/c1-29(23-19-15-11-7-3-5-9-13-17-21-25-31)34-27-33-28-35-30(2)24-20-16-12-8-4-6-10-14-18-22-26-32/h11-12,15-16,29-30H,3-10,13-14,17-28H2,1-2H3. The van der Waals surface area contributed by atoms with Gasteiger partial charge < -0.3 is 14.2 Å². The first-order valence-corrected chi connectivity index (χ1v) is 17.5. The second-order valence-corrected chi connectivity index (χ2v) is 11.8. The Hall–Kier alpha value is 0.820. The van der Waals surface area contributed by atoms with Crippen molar-refractivity contribution in [3.8, 4) is 0 Å². The lowest BCUT2D eigenvalue weighted by molar-refractivity contribution is -0.160. The van der Waals surface area contributed by atoms with E-state index in [0.717, 1.165) is 25.7 Å². The zero-order valence-corrected chi connectivity index (χ0v) is 27.3. The third-order valence-corrected chi connectivity index (χ3v) is 7.72. The SMILES string of the molecule is CC(CCC=CCCCCCCCCI)OCOCOC(C)CCC=CCCCCCCCCI. The van der Waals surface area contributed by atoms with Crippen LogP contribution in [0.3, 0.4) is 0 Å². The van der Waals surface area contributed by atoms with Crippen LogP contribution in [0.25, 0.3) is 0 Å². The quantitative estimate of drug-likeness (QED) is 0.0265. The fourth-order valence-corrected chi connectivity index (χ4v) is 4.87. The Morgan fingerprint density at radius 3 is 1.23 bits per heavy atom. The molecule has 0 spiro atoms. The fraction of sp³-hybridized carbons (Fsp3) is 0.867. The molecule has 0 bridgehead atoms. The molecule has 0 amide bonds. The van der Waals surface area contributed by atoms with E-state index in [2.05, 4.69) is 83.3 Å². The smallest absolute Gasteiger partial charge is 0.149 e. The highest BCUT2D eigenvalue weighted by molar-refractivity contribution is 14.1. The van der Waals surface area contributed by atoms with Gasteiger partial charge in [0.1, 0.15) is 13.6 Å². The van der Waals surface area contributed by atoms with Gasteiger partial charge in [0.15, 0.2) is 0 Å². The van der Waals surface area contributed by atoms with Gasteiger partial charge in [-0.2, -0.15) is 0 Å². The molecule has 0 aliphatic rings. The topological polar surface area (TPSA) is 27.7 Å². The first-order chi connectivity index (χ1) is 17.2. The van der Waals surface area contributed by atoms with Crippen molar-refractivity contribution in [1.29, 1.82) is 0 Å². The Labute approximate surface area is 246 Å². The molecular weight excluding hydrogens is 662 g/mol. The molecule has 208 valence electrons. The molecule has 2 atom stereocenters. The normalized spacial score (nSPS) is 13.8. The number of ether oxygens (including phenoxy) is 3. The van der Waals surface area contributed by atoms with Crippen LogP contribution in [0, 0.1) is 0 Å². The number of allylic oxidation sites excluding steroid dienone is 4. The monoisotopic (exact) mass is 718 g/mol. The van der Waals surface area contributed by atoms with Crippen molar-refractivity contribution in [3.05, 3.63) is 24.3 Å². The van der Waals surface area contributed by atoms with Crippen LogP contribution in [0.1, 0.15) is 129 Å². The van der Waals surface area contributed by atoms with Gasteiger partial charge in [0.2, 0.25) is 0 Å². The van der Waals surface area contributed by atoms with Crippen LogP contribution in [0.5, 0.6) is 0 Å². The van der Waals surface area contributed by atoms with Crippen molar-refractivity contribution in [3.63, 3.8) is 0 Å². The van der Waals surface area contributed by atoms with E-state index in [0.29, 0.717) is 13.6 Å². The molecule has 5 heteroatoms. The van der Waals surface area contributed by atoms with Crippen LogP contribution in [-0.2, 0) is 14.2 Å². The molecule has 0 aliphatic heterocycles. The Morgan fingerprint density at radius 2 is 0.829 bits per heavy atom. The number of alkyl halides is 2. The molecule has 0 radical (unpaired) electrons. The van der Waals surface area contributed by atoms with Gasteiger partial charge in [0.05, 0.1) is 12.2 Å². The lowest BCUT2D eigenvalue weighted by Gasteiger charge is -2.14. The summed E-state index contributed by atoms with van der Waals surface area (Å²) >= 11 is 4.94. The second-order valence-electron chi connectivity index (χ2n) is 9.69. The maximum Gasteiger partial charge on any atom is 0.149 e. The van der Waals surface area contributed by atoms with Crippen LogP contribution in [0.4, 0.5) is 0 Å². The summed E-state index contributed by atoms with van der Waals surface area (Å²) in [5.41, 5.74) is 0. The summed E-state index contributed by atoms with van der Waals surface area (Å²) in [4.78, 5) is 0. The number of unbranched alkanes of at least 4 members (excludes halogenated alkanes) is 12. The minimum atomic E-state index is 0.219. The van der Waals surface area contributed by atoms with Crippen LogP contribution in [0.15, 0.2) is 24.3 Å². The molecule has 0 heterocycles. The van der Waals surface area contributed by atoms with Crippen LogP contribution >= 0.6 is 45.2 Å². The summed E-state index contributed by atoms with van der Waals surface area (Å²) in [7, 11) is 0. The van der Waals surface area contributed by atoms with E-state index in [1.165, 1.54) is 98.7 Å². The lowest BCUT2D eigenvalue weighted by Crippen LogP contribution is -2.15. The summed E-state index contributed by atoms with van der Waals surface area (Å²) in [6.45, 7) is 4.87. The van der Waals surface area contributed by atoms with Gasteiger partial charge in [-0.05, 0) is 86.9 Å². The minimum absolute atomic E-state index is 0.219. The first-order valence-electron chi connectivity index (χ1n) is 14.4. The van der Waals surface area contributed by atoms with E-state index < -0.39 is 0 Å². The Balaban J connectivity index is 3.38. The van der Waals surface area contributed by atoms with E-state index in [-0.39, 0.29) is 12.2 Å². The molecule has 35 heavy (non-hydrogen) atoms. The zero-order chi connectivity index (χ0) is 25.7. The van der Waals surface area contributed by atoms with Crippen molar-refractivity contribution >= 4 is 45.2 Å². The van der Waals surface area contributed by atoms with Gasteiger partial charge in [-0.15, -0.1) is 0 Å². The molecule has 0 saturated carbocycles. The average Bonchev–Trinajstić information content (AvgIpc) is 2.85. The Kier molecular flexibility index (Phi) is 31.8. The van der Waals surface area contributed by atoms with E-state index >= 15 is 0 Å². The molecule has 2 unspecified atom stereocenters. The van der Waals surface area contributed by atoms with Crippen LogP contribution < -0.4 is 0 Å². The average molecular weight is 719 g/mol. The fourth-order valence-electron chi connectivity index (χ4n) is 3.79. The highest BCUT2D eigenvalue weighted by atomic mass is 127. The minimum Gasteiger partial charge on any atom is -0.352 e. The molecule has 0 saturated heterocycles. The zero-order valence-electron chi connectivity index (χ0n) is 23.0. The maximum absolute atomic E-state index is 5.74. The number of halogens is 2. The van der Waals surface area contributed by atoms with Crippen molar-refractivity contribution in [2.45, 2.75) is 142 Å². The number of hydrogen-bond acceptors (Lipinski definition) is 3. The molecule has 0 N–H and O–H groups in total. The van der Waals surface area contributed by atoms with Gasteiger partial charge in [-0.1, -0.05) is 121 Å². The predicted octanol–water partition coefficient (Wildman–Crippen LogP) is 10.7. The summed E-state index contributed by atoms with van der Waals surface area (Å²) < 4.78 is 19.6. The highest BCUT2D eigenvalue weighted by Crippen LogP contribution is 2.11. The number of hydrogen-bond donors (Lipinski definition) is 0. The molecule has 0 rings (SSSR count). The lowest BCUT2D eigenvalue weighted by atomic mass is 10.1. The molecule has 0 fully saturated rings. The number of rotatable bonds is 28. The van der Waals surface area contributed by atoms with Crippen molar-refractivity contribution in [2.75, 3.05) is 22.4 Å². The first kappa shape index (κ1) is 35.8. The van der Waals surface area contributed by atoms with Gasteiger partial charge in [-0.25, -0.2) is 0 Å². The van der Waals surface area contributed by atoms with Gasteiger partial charge in [0.25, 0.3) is 0 Å². The van der Waals surface area contributed by atoms with Crippen molar-refractivity contribution in [2.24, 2.45) is 0 Å². The van der Waals surface area contributed by atoms with Crippen molar-refractivity contribution < 1.29 is 14.2 Å². The molecule has 3 nitrogen and oxygen atoms in total. The van der Waals surface area contributed by atoms with E-state index in [1.807, 2.05) is 0 Å². The highest BCUT2D eigenvalue weighted by Gasteiger charge is 2.03.